The number of anilines is 1. The largest absolute Gasteiger partial charge is 0.435 e. The lowest BCUT2D eigenvalue weighted by Crippen LogP contribution is -2.46. The molecular formula is C17H18F3N3O. The maximum absolute atomic E-state index is 13.8. The van der Waals surface area contributed by atoms with Gasteiger partial charge >= 0.3 is 6.61 Å². The molecule has 1 aromatic heterocycles. The van der Waals surface area contributed by atoms with Crippen molar-refractivity contribution in [2.24, 2.45) is 0 Å². The molecule has 0 spiro atoms. The maximum Gasteiger partial charge on any atom is 0.387 e. The number of hydrogen-bond donors (Lipinski definition) is 0. The van der Waals surface area contributed by atoms with E-state index >= 15 is 0 Å². The summed E-state index contributed by atoms with van der Waals surface area (Å²) in [6.45, 7) is 0.862. The standard InChI is InChI=1S/C17H18F3N3O/c18-15-2-1-7-21-16(15)23-10-8-22(9-11-23)12-13-3-5-14(6-4-13)24-17(19)20/h1-7,17H,8-12H2. The molecule has 2 heterocycles. The molecule has 0 radical (unpaired) electrons. The van der Waals surface area contributed by atoms with E-state index in [2.05, 4.69) is 14.6 Å². The first-order valence-electron chi connectivity index (χ1n) is 7.73. The number of halogens is 3. The number of benzene rings is 1. The highest BCUT2D eigenvalue weighted by atomic mass is 19.3. The van der Waals surface area contributed by atoms with Crippen LogP contribution in [0, 0.1) is 5.82 Å². The minimum Gasteiger partial charge on any atom is -0.435 e. The molecule has 0 amide bonds. The average molecular weight is 337 g/mol. The Morgan fingerprint density at radius 3 is 2.38 bits per heavy atom. The molecule has 24 heavy (non-hydrogen) atoms. The van der Waals surface area contributed by atoms with E-state index in [-0.39, 0.29) is 11.6 Å². The first kappa shape index (κ1) is 16.6. The Labute approximate surface area is 138 Å². The number of ether oxygens (including phenoxy) is 1. The summed E-state index contributed by atoms with van der Waals surface area (Å²) >= 11 is 0. The van der Waals surface area contributed by atoms with Crippen molar-refractivity contribution >= 4 is 5.82 Å². The van der Waals surface area contributed by atoms with Gasteiger partial charge in [0.2, 0.25) is 0 Å². The Morgan fingerprint density at radius 1 is 1.04 bits per heavy atom. The molecule has 2 aromatic rings. The van der Waals surface area contributed by atoms with E-state index in [1.165, 1.54) is 6.07 Å². The van der Waals surface area contributed by atoms with Gasteiger partial charge in [-0.2, -0.15) is 8.78 Å². The maximum atomic E-state index is 13.8. The number of alkyl halides is 2. The number of pyridine rings is 1. The summed E-state index contributed by atoms with van der Waals surface area (Å²) in [5.74, 6) is 0.246. The fourth-order valence-electron chi connectivity index (χ4n) is 2.76. The van der Waals surface area contributed by atoms with Gasteiger partial charge in [0.1, 0.15) is 5.75 Å². The van der Waals surface area contributed by atoms with Crippen LogP contribution in [0.3, 0.4) is 0 Å². The highest BCUT2D eigenvalue weighted by Crippen LogP contribution is 2.19. The van der Waals surface area contributed by atoms with Gasteiger partial charge in [0, 0.05) is 38.9 Å². The van der Waals surface area contributed by atoms with Crippen molar-refractivity contribution in [1.82, 2.24) is 9.88 Å². The molecule has 1 saturated heterocycles. The zero-order valence-corrected chi connectivity index (χ0v) is 13.0. The van der Waals surface area contributed by atoms with E-state index in [1.807, 2.05) is 4.90 Å². The second kappa shape index (κ2) is 7.53. The molecule has 1 aliphatic rings. The van der Waals surface area contributed by atoms with Crippen molar-refractivity contribution in [3.8, 4) is 5.75 Å². The Kier molecular flexibility index (Phi) is 5.20. The first-order valence-corrected chi connectivity index (χ1v) is 7.73. The molecule has 1 aliphatic heterocycles. The number of hydrogen-bond acceptors (Lipinski definition) is 4. The molecule has 7 heteroatoms. The first-order chi connectivity index (χ1) is 11.6. The molecule has 128 valence electrons. The van der Waals surface area contributed by atoms with E-state index in [4.69, 9.17) is 0 Å². The summed E-state index contributed by atoms with van der Waals surface area (Å²) in [4.78, 5) is 8.27. The van der Waals surface area contributed by atoms with Crippen LogP contribution in [0.15, 0.2) is 42.6 Å². The Morgan fingerprint density at radius 2 is 1.75 bits per heavy atom. The highest BCUT2D eigenvalue weighted by molar-refractivity contribution is 5.40. The third kappa shape index (κ3) is 4.17. The molecule has 1 aromatic carbocycles. The summed E-state index contributed by atoms with van der Waals surface area (Å²) in [5.41, 5.74) is 1.02. The lowest BCUT2D eigenvalue weighted by atomic mass is 10.2. The average Bonchev–Trinajstić information content (AvgIpc) is 2.58. The van der Waals surface area contributed by atoms with Crippen LogP contribution in [-0.4, -0.2) is 42.7 Å². The molecule has 0 unspecified atom stereocenters. The molecule has 0 bridgehead atoms. The summed E-state index contributed by atoms with van der Waals surface area (Å²) in [6, 6.07) is 9.64. The number of nitrogens with zero attached hydrogens (tertiary/aromatic N) is 3. The fourth-order valence-corrected chi connectivity index (χ4v) is 2.76. The minimum atomic E-state index is -2.81. The topological polar surface area (TPSA) is 28.6 Å². The Hall–Kier alpha value is -2.28. The Balaban J connectivity index is 1.53. The third-order valence-corrected chi connectivity index (χ3v) is 3.97. The van der Waals surface area contributed by atoms with Crippen molar-refractivity contribution in [3.63, 3.8) is 0 Å². The number of rotatable bonds is 5. The predicted octanol–water partition coefficient (Wildman–Crippen LogP) is 3.14. The second-order valence-corrected chi connectivity index (χ2v) is 5.59. The van der Waals surface area contributed by atoms with Crippen molar-refractivity contribution in [3.05, 3.63) is 54.0 Å². The number of piperazine rings is 1. The van der Waals surface area contributed by atoms with Gasteiger partial charge in [0.15, 0.2) is 11.6 Å². The van der Waals surface area contributed by atoms with Crippen molar-refractivity contribution in [2.45, 2.75) is 13.2 Å². The molecule has 4 nitrogen and oxygen atoms in total. The van der Waals surface area contributed by atoms with Gasteiger partial charge in [-0.3, -0.25) is 4.90 Å². The summed E-state index contributed by atoms with van der Waals surface area (Å²) in [5, 5.41) is 0. The minimum absolute atomic E-state index is 0.157. The van der Waals surface area contributed by atoms with E-state index in [0.717, 1.165) is 18.7 Å². The van der Waals surface area contributed by atoms with Gasteiger partial charge in [-0.25, -0.2) is 9.37 Å². The molecule has 0 saturated carbocycles. The van der Waals surface area contributed by atoms with Gasteiger partial charge in [-0.1, -0.05) is 12.1 Å². The van der Waals surface area contributed by atoms with E-state index in [0.29, 0.717) is 25.5 Å². The van der Waals surface area contributed by atoms with Crippen LogP contribution in [0.1, 0.15) is 5.56 Å². The van der Waals surface area contributed by atoms with E-state index in [9.17, 15) is 13.2 Å². The van der Waals surface area contributed by atoms with Crippen LogP contribution in [0.5, 0.6) is 5.75 Å². The predicted molar refractivity (Wildman–Crippen MR) is 84.8 cm³/mol. The zero-order chi connectivity index (χ0) is 16.9. The third-order valence-electron chi connectivity index (χ3n) is 3.97. The van der Waals surface area contributed by atoms with Gasteiger partial charge in [-0.15, -0.1) is 0 Å². The lowest BCUT2D eigenvalue weighted by molar-refractivity contribution is -0.0498. The normalized spacial score (nSPS) is 15.8. The second-order valence-electron chi connectivity index (χ2n) is 5.59. The van der Waals surface area contributed by atoms with Gasteiger partial charge < -0.3 is 9.64 Å². The molecule has 0 N–H and O–H groups in total. The van der Waals surface area contributed by atoms with Crippen LogP contribution in [0.2, 0.25) is 0 Å². The van der Waals surface area contributed by atoms with Crippen LogP contribution in [0.25, 0.3) is 0 Å². The molecule has 3 rings (SSSR count). The van der Waals surface area contributed by atoms with E-state index in [1.54, 1.807) is 36.5 Å². The van der Waals surface area contributed by atoms with Gasteiger partial charge in [0.05, 0.1) is 0 Å². The van der Waals surface area contributed by atoms with Crippen molar-refractivity contribution in [2.75, 3.05) is 31.1 Å². The fraction of sp³-hybridized carbons (Fsp3) is 0.353. The van der Waals surface area contributed by atoms with Crippen LogP contribution < -0.4 is 9.64 Å². The van der Waals surface area contributed by atoms with Gasteiger partial charge in [-0.05, 0) is 29.8 Å². The molecule has 0 aliphatic carbocycles. The summed E-state index contributed by atoms with van der Waals surface area (Å²) in [6.07, 6.45) is 1.59. The smallest absolute Gasteiger partial charge is 0.387 e. The van der Waals surface area contributed by atoms with Crippen molar-refractivity contribution in [1.29, 1.82) is 0 Å². The lowest BCUT2D eigenvalue weighted by Gasteiger charge is -2.35. The SMILES string of the molecule is Fc1cccnc1N1CCN(Cc2ccc(OC(F)F)cc2)CC1. The van der Waals surface area contributed by atoms with Crippen molar-refractivity contribution < 1.29 is 17.9 Å². The Bertz CT molecular complexity index is 658. The van der Waals surface area contributed by atoms with Crippen LogP contribution >= 0.6 is 0 Å². The van der Waals surface area contributed by atoms with E-state index < -0.39 is 6.61 Å². The summed E-state index contributed by atoms with van der Waals surface area (Å²) < 4.78 is 42.4. The molecule has 0 atom stereocenters. The van der Waals surface area contributed by atoms with Gasteiger partial charge in [0.25, 0.3) is 0 Å². The zero-order valence-electron chi connectivity index (χ0n) is 13.0. The quantitative estimate of drug-likeness (QED) is 0.838. The van der Waals surface area contributed by atoms with Crippen LogP contribution in [-0.2, 0) is 6.54 Å². The monoisotopic (exact) mass is 337 g/mol. The van der Waals surface area contributed by atoms with Crippen LogP contribution in [0.4, 0.5) is 19.0 Å². The highest BCUT2D eigenvalue weighted by Gasteiger charge is 2.20. The molecule has 1 fully saturated rings. The molecular weight excluding hydrogens is 319 g/mol. The summed E-state index contributed by atoms with van der Waals surface area (Å²) in [7, 11) is 0. The number of aromatic nitrogens is 1.